The quantitative estimate of drug-likeness (QED) is 0.748. The highest BCUT2D eigenvalue weighted by atomic mass is 32.2. The lowest BCUT2D eigenvalue weighted by atomic mass is 10.0. The van der Waals surface area contributed by atoms with Gasteiger partial charge in [-0.25, -0.2) is 8.93 Å². The third kappa shape index (κ3) is 4.39. The highest BCUT2D eigenvalue weighted by Gasteiger charge is 2.20. The van der Waals surface area contributed by atoms with Gasteiger partial charge in [0.1, 0.15) is 11.9 Å². The van der Waals surface area contributed by atoms with Gasteiger partial charge in [0.2, 0.25) is 11.3 Å². The molecule has 8 heteroatoms. The first-order chi connectivity index (χ1) is 12.4. The van der Waals surface area contributed by atoms with Gasteiger partial charge in [-0.05, 0) is 30.7 Å². The zero-order valence-corrected chi connectivity index (χ0v) is 15.5. The molecule has 2 N–H and O–H groups in total. The van der Waals surface area contributed by atoms with E-state index in [2.05, 4.69) is 4.72 Å². The third-order valence-electron chi connectivity index (χ3n) is 4.30. The zero-order valence-electron chi connectivity index (χ0n) is 14.7. The highest BCUT2D eigenvalue weighted by Crippen LogP contribution is 2.32. The van der Waals surface area contributed by atoms with Crippen LogP contribution in [0.3, 0.4) is 0 Å². The number of aryl methyl sites for hydroxylation is 2. The molecule has 7 nitrogen and oxygen atoms in total. The van der Waals surface area contributed by atoms with E-state index in [1.54, 1.807) is 24.7 Å². The lowest BCUT2D eigenvalue weighted by molar-refractivity contribution is 0.141. The fraction of sp³-hybridized carbons (Fsp3) is 0.389. The van der Waals surface area contributed by atoms with Crippen LogP contribution in [0.5, 0.6) is 5.75 Å². The molecule has 3 rings (SSSR count). The molecule has 0 aliphatic carbocycles. The summed E-state index contributed by atoms with van der Waals surface area (Å²) in [7, 11) is 1.71. The van der Waals surface area contributed by atoms with E-state index in [0.29, 0.717) is 24.5 Å². The van der Waals surface area contributed by atoms with Crippen molar-refractivity contribution in [3.8, 4) is 16.9 Å². The predicted octanol–water partition coefficient (Wildman–Crippen LogP) is 1.75. The zero-order chi connectivity index (χ0) is 18.7. The van der Waals surface area contributed by atoms with E-state index in [-0.39, 0.29) is 18.2 Å². The van der Waals surface area contributed by atoms with Crippen molar-refractivity contribution in [2.75, 3.05) is 13.2 Å². The summed E-state index contributed by atoms with van der Waals surface area (Å²) in [5, 5.41) is 0. The van der Waals surface area contributed by atoms with Crippen LogP contribution in [-0.2, 0) is 29.6 Å². The molecule has 2 atom stereocenters. The van der Waals surface area contributed by atoms with Crippen LogP contribution in [-0.4, -0.2) is 32.6 Å². The van der Waals surface area contributed by atoms with Gasteiger partial charge in [0.15, 0.2) is 0 Å². The summed E-state index contributed by atoms with van der Waals surface area (Å²) in [6, 6.07) is 7.44. The van der Waals surface area contributed by atoms with Gasteiger partial charge in [-0.1, -0.05) is 6.07 Å². The molecule has 1 aliphatic heterocycles. The molecule has 0 radical (unpaired) electrons. The number of benzene rings is 1. The SMILES string of the molecule is Cc1cc(-c2cc(CNS(=O)O)ccc2OC2CCOC2)cn(C)c1=O. The first-order valence-corrected chi connectivity index (χ1v) is 9.44. The second-order valence-corrected chi connectivity index (χ2v) is 7.12. The molecule has 0 amide bonds. The first-order valence-electron chi connectivity index (χ1n) is 8.33. The molecule has 2 heterocycles. The lowest BCUT2D eigenvalue weighted by Crippen LogP contribution is -2.19. The number of aromatic nitrogens is 1. The van der Waals surface area contributed by atoms with E-state index < -0.39 is 11.3 Å². The van der Waals surface area contributed by atoms with Crippen LogP contribution in [0.4, 0.5) is 0 Å². The maximum absolute atomic E-state index is 12.0. The molecule has 1 aromatic carbocycles. The largest absolute Gasteiger partial charge is 0.487 e. The Hall–Kier alpha value is -2.00. The Labute approximate surface area is 154 Å². The number of rotatable bonds is 6. The van der Waals surface area contributed by atoms with E-state index in [9.17, 15) is 9.00 Å². The molecule has 0 saturated carbocycles. The van der Waals surface area contributed by atoms with E-state index >= 15 is 0 Å². The molecule has 0 spiro atoms. The van der Waals surface area contributed by atoms with Gasteiger partial charge in [0.25, 0.3) is 5.56 Å². The number of nitrogens with one attached hydrogen (secondary N) is 1. The third-order valence-corrected chi connectivity index (χ3v) is 4.69. The molecule has 1 aliphatic rings. The van der Waals surface area contributed by atoms with Crippen LogP contribution < -0.4 is 15.0 Å². The van der Waals surface area contributed by atoms with Crippen LogP contribution in [0.1, 0.15) is 17.5 Å². The number of pyridine rings is 1. The van der Waals surface area contributed by atoms with Gasteiger partial charge in [0.05, 0.1) is 13.2 Å². The molecule has 2 unspecified atom stereocenters. The summed E-state index contributed by atoms with van der Waals surface area (Å²) in [4.78, 5) is 12.0. The van der Waals surface area contributed by atoms with Crippen molar-refractivity contribution in [3.63, 3.8) is 0 Å². The predicted molar refractivity (Wildman–Crippen MR) is 99.3 cm³/mol. The molecule has 1 aromatic heterocycles. The molecule has 2 aromatic rings. The second kappa shape index (κ2) is 8.13. The number of nitrogens with zero attached hydrogens (tertiary/aromatic N) is 1. The maximum atomic E-state index is 12.0. The minimum Gasteiger partial charge on any atom is -0.487 e. The number of hydrogen-bond donors (Lipinski definition) is 2. The van der Waals surface area contributed by atoms with Crippen molar-refractivity contribution in [1.29, 1.82) is 0 Å². The summed E-state index contributed by atoms with van der Waals surface area (Å²) in [6.07, 6.45) is 2.60. The van der Waals surface area contributed by atoms with Crippen LogP contribution >= 0.6 is 0 Å². The Kier molecular flexibility index (Phi) is 5.87. The molecule has 26 heavy (non-hydrogen) atoms. The normalized spacial score (nSPS) is 18.0. The standard InChI is InChI=1S/C18H22N2O5S/c1-12-7-14(10-20(2)18(12)21)16-8-13(9-19-26(22)23)3-4-17(16)25-15-5-6-24-11-15/h3-4,7-8,10,15,19H,5-6,9,11H2,1-2H3,(H,22,23). The minimum atomic E-state index is -2.08. The van der Waals surface area contributed by atoms with Gasteiger partial charge in [-0.15, -0.1) is 0 Å². The van der Waals surface area contributed by atoms with Crippen molar-refractivity contribution < 1.29 is 18.2 Å². The van der Waals surface area contributed by atoms with Gasteiger partial charge in [-0.2, -0.15) is 0 Å². The van der Waals surface area contributed by atoms with Gasteiger partial charge < -0.3 is 14.0 Å². The average molecular weight is 378 g/mol. The number of ether oxygens (including phenoxy) is 2. The molecule has 1 fully saturated rings. The molecular formula is C18H22N2O5S. The Bertz CT molecular complexity index is 848. The fourth-order valence-electron chi connectivity index (χ4n) is 2.97. The molecular weight excluding hydrogens is 356 g/mol. The van der Waals surface area contributed by atoms with Gasteiger partial charge in [-0.3, -0.25) is 9.35 Å². The monoisotopic (exact) mass is 378 g/mol. The molecule has 1 saturated heterocycles. The van der Waals surface area contributed by atoms with Gasteiger partial charge >= 0.3 is 0 Å². The summed E-state index contributed by atoms with van der Waals surface area (Å²) in [5.41, 5.74) is 3.11. The highest BCUT2D eigenvalue weighted by molar-refractivity contribution is 7.77. The smallest absolute Gasteiger partial charge is 0.253 e. The van der Waals surface area contributed by atoms with E-state index in [4.69, 9.17) is 14.0 Å². The van der Waals surface area contributed by atoms with Crippen LogP contribution in [0, 0.1) is 6.92 Å². The minimum absolute atomic E-state index is 0.00343. The fourth-order valence-corrected chi connectivity index (χ4v) is 3.26. The van der Waals surface area contributed by atoms with Gasteiger partial charge in [0, 0.05) is 42.9 Å². The summed E-state index contributed by atoms with van der Waals surface area (Å²) in [5.74, 6) is 0.701. The van der Waals surface area contributed by atoms with Crippen LogP contribution in [0.2, 0.25) is 0 Å². The second-order valence-electron chi connectivity index (χ2n) is 6.33. The Morgan fingerprint density at radius 3 is 2.88 bits per heavy atom. The van der Waals surface area contributed by atoms with E-state index in [0.717, 1.165) is 23.1 Å². The molecule has 0 bridgehead atoms. The van der Waals surface area contributed by atoms with E-state index in [1.807, 2.05) is 24.3 Å². The van der Waals surface area contributed by atoms with Crippen molar-refractivity contribution in [1.82, 2.24) is 9.29 Å². The summed E-state index contributed by atoms with van der Waals surface area (Å²) in [6.45, 7) is 3.26. The van der Waals surface area contributed by atoms with Crippen molar-refractivity contribution in [2.24, 2.45) is 7.05 Å². The lowest BCUT2D eigenvalue weighted by Gasteiger charge is -2.18. The van der Waals surface area contributed by atoms with Crippen molar-refractivity contribution in [2.45, 2.75) is 26.0 Å². The van der Waals surface area contributed by atoms with Crippen molar-refractivity contribution >= 4 is 11.3 Å². The Balaban J connectivity index is 2.01. The average Bonchev–Trinajstić information content (AvgIpc) is 3.11. The maximum Gasteiger partial charge on any atom is 0.253 e. The van der Waals surface area contributed by atoms with Crippen molar-refractivity contribution in [3.05, 3.63) is 51.9 Å². The number of hydrogen-bond acceptors (Lipinski definition) is 4. The Morgan fingerprint density at radius 1 is 1.42 bits per heavy atom. The van der Waals surface area contributed by atoms with E-state index in [1.165, 1.54) is 0 Å². The van der Waals surface area contributed by atoms with Crippen LogP contribution in [0.25, 0.3) is 11.1 Å². The summed E-state index contributed by atoms with van der Waals surface area (Å²) < 4.78 is 35.3. The first kappa shape index (κ1) is 18.8. The Morgan fingerprint density at radius 2 is 2.23 bits per heavy atom. The molecule has 140 valence electrons. The topological polar surface area (TPSA) is 89.8 Å². The summed E-state index contributed by atoms with van der Waals surface area (Å²) >= 11 is -2.08. The van der Waals surface area contributed by atoms with Crippen LogP contribution in [0.15, 0.2) is 35.3 Å².